The Morgan fingerprint density at radius 3 is 3.05 bits per heavy atom. The number of carboxylic acids is 1. The Hall–Kier alpha value is -1.62. The van der Waals surface area contributed by atoms with E-state index in [1.54, 1.807) is 6.20 Å². The third-order valence-corrected chi connectivity index (χ3v) is 4.45. The molecule has 20 heavy (non-hydrogen) atoms. The number of halogens is 1. The topological polar surface area (TPSA) is 53.4 Å². The van der Waals surface area contributed by atoms with Crippen molar-refractivity contribution < 1.29 is 9.90 Å². The minimum atomic E-state index is -0.700. The second kappa shape index (κ2) is 5.40. The number of hydrogen-bond acceptors (Lipinski definition) is 3. The summed E-state index contributed by atoms with van der Waals surface area (Å²) < 4.78 is 0.962. The number of aromatic nitrogens is 1. The highest BCUT2D eigenvalue weighted by atomic mass is 79.9. The monoisotopic (exact) mass is 334 g/mol. The number of carbonyl (C=O) groups is 1. The molecule has 1 aliphatic rings. The molecule has 3 rings (SSSR count). The van der Waals surface area contributed by atoms with Crippen LogP contribution in [0.2, 0.25) is 0 Å². The zero-order chi connectivity index (χ0) is 14.1. The van der Waals surface area contributed by atoms with Gasteiger partial charge in [-0.2, -0.15) is 0 Å². The lowest BCUT2D eigenvalue weighted by Gasteiger charge is -2.33. The Bertz CT molecular complexity index is 659. The highest BCUT2D eigenvalue weighted by Crippen LogP contribution is 2.32. The molecule has 1 fully saturated rings. The predicted octanol–water partition coefficient (Wildman–Crippen LogP) is 3.30. The van der Waals surface area contributed by atoms with E-state index < -0.39 is 5.97 Å². The van der Waals surface area contributed by atoms with Crippen molar-refractivity contribution >= 4 is 38.5 Å². The molecule has 0 radical (unpaired) electrons. The largest absolute Gasteiger partial charge is 0.481 e. The van der Waals surface area contributed by atoms with Crippen LogP contribution in [0.1, 0.15) is 12.8 Å². The molecule has 0 spiro atoms. The first-order valence-corrected chi connectivity index (χ1v) is 7.47. The summed E-state index contributed by atoms with van der Waals surface area (Å²) in [6.45, 7) is 1.47. The first-order valence-electron chi connectivity index (χ1n) is 6.68. The Balaban J connectivity index is 2.02. The molecule has 0 saturated carbocycles. The van der Waals surface area contributed by atoms with E-state index in [2.05, 4.69) is 25.8 Å². The van der Waals surface area contributed by atoms with E-state index in [0.29, 0.717) is 6.54 Å². The number of piperidine rings is 1. The number of anilines is 1. The molecule has 1 aliphatic heterocycles. The molecule has 1 aromatic carbocycles. The fraction of sp³-hybridized carbons (Fsp3) is 0.333. The molecule has 1 saturated heterocycles. The molecule has 5 heteroatoms. The van der Waals surface area contributed by atoms with E-state index in [9.17, 15) is 9.90 Å². The Morgan fingerprint density at radius 1 is 1.40 bits per heavy atom. The van der Waals surface area contributed by atoms with Crippen molar-refractivity contribution in [1.82, 2.24) is 4.98 Å². The van der Waals surface area contributed by atoms with Crippen molar-refractivity contribution in [2.45, 2.75) is 12.8 Å². The zero-order valence-corrected chi connectivity index (χ0v) is 12.5. The number of para-hydroxylation sites is 1. The van der Waals surface area contributed by atoms with E-state index in [1.165, 1.54) is 0 Å². The molecule has 1 atom stereocenters. The van der Waals surface area contributed by atoms with Crippen molar-refractivity contribution in [3.63, 3.8) is 0 Å². The lowest BCUT2D eigenvalue weighted by molar-refractivity contribution is -0.141. The molecule has 2 heterocycles. The van der Waals surface area contributed by atoms with Gasteiger partial charge in [0, 0.05) is 34.8 Å². The van der Waals surface area contributed by atoms with E-state index in [4.69, 9.17) is 0 Å². The summed E-state index contributed by atoms with van der Waals surface area (Å²) in [5, 5.41) is 10.3. The Labute approximate surface area is 125 Å². The zero-order valence-electron chi connectivity index (χ0n) is 10.9. The van der Waals surface area contributed by atoms with Crippen LogP contribution < -0.4 is 4.90 Å². The van der Waals surface area contributed by atoms with Crippen molar-refractivity contribution in [3.05, 3.63) is 34.9 Å². The second-order valence-corrected chi connectivity index (χ2v) is 5.94. The van der Waals surface area contributed by atoms with Gasteiger partial charge in [-0.1, -0.05) is 12.1 Å². The molecule has 0 aliphatic carbocycles. The quantitative estimate of drug-likeness (QED) is 0.915. The first kappa shape index (κ1) is 13.4. The van der Waals surface area contributed by atoms with Crippen LogP contribution in [-0.4, -0.2) is 29.1 Å². The fourth-order valence-corrected chi connectivity index (χ4v) is 3.27. The van der Waals surface area contributed by atoms with Crippen molar-refractivity contribution in [2.24, 2.45) is 5.92 Å². The van der Waals surface area contributed by atoms with Crippen LogP contribution in [0.3, 0.4) is 0 Å². The van der Waals surface area contributed by atoms with Gasteiger partial charge in [-0.15, -0.1) is 0 Å². The van der Waals surface area contributed by atoms with Crippen LogP contribution in [-0.2, 0) is 4.79 Å². The summed E-state index contributed by atoms with van der Waals surface area (Å²) in [7, 11) is 0. The summed E-state index contributed by atoms with van der Waals surface area (Å²) in [5.74, 6) is -0.978. The van der Waals surface area contributed by atoms with Gasteiger partial charge in [0.15, 0.2) is 0 Å². The maximum Gasteiger partial charge on any atom is 0.308 e. The average molecular weight is 335 g/mol. The first-order chi connectivity index (χ1) is 9.66. The number of aliphatic carboxylic acids is 1. The number of rotatable bonds is 2. The lowest BCUT2D eigenvalue weighted by Crippen LogP contribution is -2.38. The third kappa shape index (κ3) is 2.38. The van der Waals surface area contributed by atoms with Gasteiger partial charge >= 0.3 is 5.97 Å². The Morgan fingerprint density at radius 2 is 2.25 bits per heavy atom. The molecule has 2 aromatic rings. The van der Waals surface area contributed by atoms with Crippen LogP contribution in [0.15, 0.2) is 34.9 Å². The van der Waals surface area contributed by atoms with Crippen LogP contribution in [0, 0.1) is 5.92 Å². The van der Waals surface area contributed by atoms with Gasteiger partial charge in [0.25, 0.3) is 0 Å². The molecule has 4 nitrogen and oxygen atoms in total. The van der Waals surface area contributed by atoms with Crippen molar-refractivity contribution in [3.8, 4) is 0 Å². The molecular formula is C15H15BrN2O2. The minimum absolute atomic E-state index is 0.279. The number of nitrogens with zero attached hydrogens (tertiary/aromatic N) is 2. The number of benzene rings is 1. The Kier molecular flexibility index (Phi) is 3.61. The van der Waals surface area contributed by atoms with E-state index in [1.807, 2.05) is 24.3 Å². The summed E-state index contributed by atoms with van der Waals surface area (Å²) in [6.07, 6.45) is 3.46. The van der Waals surface area contributed by atoms with Gasteiger partial charge in [0.1, 0.15) is 0 Å². The smallest absolute Gasteiger partial charge is 0.308 e. The highest BCUT2D eigenvalue weighted by molar-refractivity contribution is 9.10. The number of hydrogen-bond donors (Lipinski definition) is 1. The number of pyridine rings is 1. The number of fused-ring (bicyclic) bond motifs is 1. The maximum absolute atomic E-state index is 11.2. The van der Waals surface area contributed by atoms with Crippen LogP contribution in [0.4, 0.5) is 5.69 Å². The normalized spacial score (nSPS) is 19.2. The van der Waals surface area contributed by atoms with Gasteiger partial charge in [-0.05, 0) is 40.9 Å². The van der Waals surface area contributed by atoms with Gasteiger partial charge in [-0.25, -0.2) is 0 Å². The van der Waals surface area contributed by atoms with E-state index >= 15 is 0 Å². The summed E-state index contributed by atoms with van der Waals surface area (Å²) >= 11 is 3.51. The average Bonchev–Trinajstić information content (AvgIpc) is 2.47. The molecule has 1 aromatic heterocycles. The third-order valence-electron chi connectivity index (χ3n) is 3.81. The molecule has 1 N–H and O–H groups in total. The van der Waals surface area contributed by atoms with Gasteiger partial charge in [0.2, 0.25) is 0 Å². The highest BCUT2D eigenvalue weighted by Gasteiger charge is 2.26. The van der Waals surface area contributed by atoms with Gasteiger partial charge < -0.3 is 10.0 Å². The molecule has 1 unspecified atom stereocenters. The number of carboxylic acid groups (broad SMARTS) is 1. The molecular weight excluding hydrogens is 320 g/mol. The van der Waals surface area contributed by atoms with Crippen molar-refractivity contribution in [2.75, 3.05) is 18.0 Å². The fourth-order valence-electron chi connectivity index (χ4n) is 2.80. The van der Waals surface area contributed by atoms with Crippen LogP contribution >= 0.6 is 15.9 Å². The summed E-state index contributed by atoms with van der Waals surface area (Å²) in [6, 6.07) is 7.96. The van der Waals surface area contributed by atoms with Crippen molar-refractivity contribution in [1.29, 1.82) is 0 Å². The van der Waals surface area contributed by atoms with Crippen LogP contribution in [0.5, 0.6) is 0 Å². The molecule has 0 amide bonds. The predicted molar refractivity (Wildman–Crippen MR) is 82.0 cm³/mol. The molecule has 0 bridgehead atoms. The van der Waals surface area contributed by atoms with E-state index in [-0.39, 0.29) is 5.92 Å². The molecule has 104 valence electrons. The SMILES string of the molecule is O=C(O)C1CCCN(c2ccnc3c(Br)cccc23)C1. The standard InChI is InChI=1S/C15H15BrN2O2/c16-12-5-1-4-11-13(6-7-17-14(11)12)18-8-2-3-10(9-18)15(19)20/h1,4-7,10H,2-3,8-9H2,(H,19,20). The lowest BCUT2D eigenvalue weighted by atomic mass is 9.97. The van der Waals surface area contributed by atoms with Gasteiger partial charge in [-0.3, -0.25) is 9.78 Å². The summed E-state index contributed by atoms with van der Waals surface area (Å²) in [4.78, 5) is 17.8. The van der Waals surface area contributed by atoms with Gasteiger partial charge in [0.05, 0.1) is 11.4 Å². The minimum Gasteiger partial charge on any atom is -0.481 e. The maximum atomic E-state index is 11.2. The second-order valence-electron chi connectivity index (χ2n) is 5.09. The summed E-state index contributed by atoms with van der Waals surface area (Å²) in [5.41, 5.74) is 1.99. The van der Waals surface area contributed by atoms with E-state index in [0.717, 1.165) is 40.4 Å². The van der Waals surface area contributed by atoms with Crippen LogP contribution in [0.25, 0.3) is 10.9 Å².